The molecule has 1 aromatic carbocycles. The van der Waals surface area contributed by atoms with E-state index in [1.807, 2.05) is 36.8 Å². The highest BCUT2D eigenvalue weighted by Crippen LogP contribution is 2.22. The molecule has 3 rings (SSSR count). The molecule has 5 heteroatoms. The van der Waals surface area contributed by atoms with Gasteiger partial charge in [-0.15, -0.1) is 0 Å². The largest absolute Gasteiger partial charge is 0.497 e. The lowest BCUT2D eigenvalue weighted by Crippen LogP contribution is -2.35. The number of imidazole rings is 1. The fourth-order valence-electron chi connectivity index (χ4n) is 3.35. The summed E-state index contributed by atoms with van der Waals surface area (Å²) in [6.07, 6.45) is 6.31. The third-order valence-corrected chi connectivity index (χ3v) is 4.94. The minimum atomic E-state index is 0.466. The first-order valence-electron chi connectivity index (χ1n) is 9.15. The van der Waals surface area contributed by atoms with Gasteiger partial charge in [0.25, 0.3) is 0 Å². The Balaban J connectivity index is 1.43. The molecule has 2 aromatic rings. The minimum Gasteiger partial charge on any atom is -0.497 e. The van der Waals surface area contributed by atoms with Crippen molar-refractivity contribution in [1.82, 2.24) is 14.5 Å². The minimum absolute atomic E-state index is 0.466. The molecule has 1 aliphatic heterocycles. The van der Waals surface area contributed by atoms with Crippen LogP contribution in [0.4, 0.5) is 0 Å². The Kier molecular flexibility index (Phi) is 5.97. The standard InChI is InChI=1S/C20H29N3O2/c1-16(2)23-15-21-12-18(23)13-22-10-8-17(9-11-22)14-25-20-6-4-19(24-3)5-7-20/h4-7,12,15-17H,8-11,13-14H2,1-3H3. The summed E-state index contributed by atoms with van der Waals surface area (Å²) in [5.74, 6) is 2.42. The molecular formula is C20H29N3O2. The summed E-state index contributed by atoms with van der Waals surface area (Å²) in [5, 5.41) is 0. The number of hydrogen-bond donors (Lipinski definition) is 0. The number of benzene rings is 1. The quantitative estimate of drug-likeness (QED) is 0.767. The number of methoxy groups -OCH3 is 1. The summed E-state index contributed by atoms with van der Waals surface area (Å²) in [6, 6.07) is 8.29. The van der Waals surface area contributed by atoms with Crippen LogP contribution in [-0.4, -0.2) is 41.3 Å². The maximum absolute atomic E-state index is 5.95. The number of hydrogen-bond acceptors (Lipinski definition) is 4. The second-order valence-electron chi connectivity index (χ2n) is 7.09. The molecule has 0 aliphatic carbocycles. The van der Waals surface area contributed by atoms with Crippen molar-refractivity contribution in [2.75, 3.05) is 26.8 Å². The van der Waals surface area contributed by atoms with E-state index < -0.39 is 0 Å². The molecule has 5 nitrogen and oxygen atoms in total. The first-order valence-corrected chi connectivity index (χ1v) is 9.15. The second kappa shape index (κ2) is 8.39. The van der Waals surface area contributed by atoms with Crippen LogP contribution >= 0.6 is 0 Å². The topological polar surface area (TPSA) is 39.5 Å². The summed E-state index contributed by atoms with van der Waals surface area (Å²) in [4.78, 5) is 6.83. The highest BCUT2D eigenvalue weighted by Gasteiger charge is 2.21. The van der Waals surface area contributed by atoms with Crippen molar-refractivity contribution >= 4 is 0 Å². The number of ether oxygens (including phenoxy) is 2. The van der Waals surface area contributed by atoms with Crippen molar-refractivity contribution in [3.05, 3.63) is 42.5 Å². The van der Waals surface area contributed by atoms with E-state index in [0.29, 0.717) is 12.0 Å². The maximum atomic E-state index is 5.95. The molecule has 0 saturated carbocycles. The molecule has 2 heterocycles. The van der Waals surface area contributed by atoms with E-state index in [2.05, 4.69) is 28.3 Å². The van der Waals surface area contributed by atoms with Gasteiger partial charge in [0.05, 0.1) is 25.7 Å². The van der Waals surface area contributed by atoms with Crippen LogP contribution in [0.5, 0.6) is 11.5 Å². The van der Waals surface area contributed by atoms with Gasteiger partial charge in [-0.2, -0.15) is 0 Å². The molecule has 0 atom stereocenters. The highest BCUT2D eigenvalue weighted by atomic mass is 16.5. The molecular weight excluding hydrogens is 314 g/mol. The average molecular weight is 343 g/mol. The monoisotopic (exact) mass is 343 g/mol. The zero-order valence-corrected chi connectivity index (χ0v) is 15.5. The Morgan fingerprint density at radius 2 is 1.80 bits per heavy atom. The van der Waals surface area contributed by atoms with Gasteiger partial charge in [-0.3, -0.25) is 4.90 Å². The zero-order valence-electron chi connectivity index (χ0n) is 15.5. The van der Waals surface area contributed by atoms with Crippen molar-refractivity contribution < 1.29 is 9.47 Å². The molecule has 1 saturated heterocycles. The van der Waals surface area contributed by atoms with Crippen LogP contribution in [0.25, 0.3) is 0 Å². The van der Waals surface area contributed by atoms with Crippen molar-refractivity contribution in [3.8, 4) is 11.5 Å². The van der Waals surface area contributed by atoms with E-state index >= 15 is 0 Å². The van der Waals surface area contributed by atoms with E-state index in [4.69, 9.17) is 9.47 Å². The summed E-state index contributed by atoms with van der Waals surface area (Å²) in [6.45, 7) is 8.44. The fourth-order valence-corrected chi connectivity index (χ4v) is 3.35. The molecule has 1 fully saturated rings. The average Bonchev–Trinajstić information content (AvgIpc) is 3.10. The van der Waals surface area contributed by atoms with Gasteiger partial charge in [0.15, 0.2) is 0 Å². The van der Waals surface area contributed by atoms with Gasteiger partial charge in [0.2, 0.25) is 0 Å². The van der Waals surface area contributed by atoms with Crippen LogP contribution in [0.3, 0.4) is 0 Å². The van der Waals surface area contributed by atoms with Crippen LogP contribution in [0.2, 0.25) is 0 Å². The van der Waals surface area contributed by atoms with Crippen molar-refractivity contribution in [1.29, 1.82) is 0 Å². The number of rotatable bonds is 7. The van der Waals surface area contributed by atoms with Crippen LogP contribution < -0.4 is 9.47 Å². The predicted molar refractivity (Wildman–Crippen MR) is 99.1 cm³/mol. The van der Waals surface area contributed by atoms with E-state index in [-0.39, 0.29) is 0 Å². The molecule has 1 aromatic heterocycles. The Bertz CT molecular complexity index is 643. The lowest BCUT2D eigenvalue weighted by atomic mass is 9.97. The van der Waals surface area contributed by atoms with Crippen molar-refractivity contribution in [2.45, 2.75) is 39.3 Å². The maximum Gasteiger partial charge on any atom is 0.119 e. The summed E-state index contributed by atoms with van der Waals surface area (Å²) in [7, 11) is 1.68. The molecule has 0 radical (unpaired) electrons. The van der Waals surface area contributed by atoms with Crippen LogP contribution in [0, 0.1) is 5.92 Å². The van der Waals surface area contributed by atoms with Gasteiger partial charge >= 0.3 is 0 Å². The first kappa shape index (κ1) is 17.8. The fraction of sp³-hybridized carbons (Fsp3) is 0.550. The molecule has 0 N–H and O–H groups in total. The molecule has 0 bridgehead atoms. The molecule has 25 heavy (non-hydrogen) atoms. The van der Waals surface area contributed by atoms with Gasteiger partial charge in [0, 0.05) is 18.8 Å². The molecule has 136 valence electrons. The SMILES string of the molecule is COc1ccc(OCC2CCN(Cc3cncn3C(C)C)CC2)cc1. The summed E-state index contributed by atoms with van der Waals surface area (Å²) >= 11 is 0. The van der Waals surface area contributed by atoms with E-state index in [0.717, 1.165) is 37.7 Å². The van der Waals surface area contributed by atoms with Crippen LogP contribution in [-0.2, 0) is 6.54 Å². The molecule has 0 spiro atoms. The zero-order chi connectivity index (χ0) is 17.6. The van der Waals surface area contributed by atoms with Gasteiger partial charge < -0.3 is 14.0 Å². The summed E-state index contributed by atoms with van der Waals surface area (Å²) < 4.78 is 13.4. The third-order valence-electron chi connectivity index (χ3n) is 4.94. The normalized spacial score (nSPS) is 16.3. The van der Waals surface area contributed by atoms with Crippen molar-refractivity contribution in [3.63, 3.8) is 0 Å². The Labute approximate surface area is 150 Å². The third kappa shape index (κ3) is 4.75. The summed E-state index contributed by atoms with van der Waals surface area (Å²) in [5.41, 5.74) is 1.31. The Hall–Kier alpha value is -2.01. The van der Waals surface area contributed by atoms with Gasteiger partial charge in [-0.05, 0) is 70.0 Å². The molecule has 0 amide bonds. The smallest absolute Gasteiger partial charge is 0.119 e. The second-order valence-corrected chi connectivity index (χ2v) is 7.09. The Morgan fingerprint density at radius 1 is 1.12 bits per heavy atom. The van der Waals surface area contributed by atoms with E-state index in [1.165, 1.54) is 18.5 Å². The van der Waals surface area contributed by atoms with E-state index in [1.54, 1.807) is 7.11 Å². The van der Waals surface area contributed by atoms with Crippen molar-refractivity contribution in [2.24, 2.45) is 5.92 Å². The number of piperidine rings is 1. The predicted octanol–water partition coefficient (Wildman–Crippen LogP) is 3.76. The van der Waals surface area contributed by atoms with Crippen LogP contribution in [0.15, 0.2) is 36.8 Å². The lowest BCUT2D eigenvalue weighted by Gasteiger charge is -2.32. The molecule has 1 aliphatic rings. The van der Waals surface area contributed by atoms with E-state index in [9.17, 15) is 0 Å². The van der Waals surface area contributed by atoms with Gasteiger partial charge in [-0.25, -0.2) is 4.98 Å². The Morgan fingerprint density at radius 3 is 2.44 bits per heavy atom. The van der Waals surface area contributed by atoms with Crippen LogP contribution in [0.1, 0.15) is 38.4 Å². The van der Waals surface area contributed by atoms with Gasteiger partial charge in [-0.1, -0.05) is 0 Å². The number of aromatic nitrogens is 2. The first-order chi connectivity index (χ1) is 12.2. The number of likely N-dealkylation sites (tertiary alicyclic amines) is 1. The molecule has 0 unspecified atom stereocenters. The number of nitrogens with zero attached hydrogens (tertiary/aromatic N) is 3. The van der Waals surface area contributed by atoms with Gasteiger partial charge in [0.1, 0.15) is 11.5 Å². The lowest BCUT2D eigenvalue weighted by molar-refractivity contribution is 0.134. The highest BCUT2D eigenvalue weighted by molar-refractivity contribution is 5.31.